The molecule has 0 spiro atoms. The Kier molecular flexibility index (Phi) is 7.35. The van der Waals surface area contributed by atoms with E-state index in [9.17, 15) is 0 Å². The van der Waals surface area contributed by atoms with E-state index in [0.29, 0.717) is 5.11 Å². The van der Waals surface area contributed by atoms with Crippen molar-refractivity contribution < 1.29 is 4.74 Å². The van der Waals surface area contributed by atoms with Crippen LogP contribution >= 0.6 is 12.2 Å². The van der Waals surface area contributed by atoms with Crippen LogP contribution in [0, 0.1) is 13.8 Å². The third-order valence-corrected chi connectivity index (χ3v) is 5.95. The molecule has 2 aliphatic rings. The van der Waals surface area contributed by atoms with Crippen LogP contribution in [0.5, 0.6) is 0 Å². The molecule has 32 heavy (non-hydrogen) atoms. The van der Waals surface area contributed by atoms with E-state index in [1.165, 1.54) is 28.0 Å². The number of anilines is 1. The standard InChI is InChI=1S/C26H30N4OS/c1-19-8-11-24(20(2)16-19)28-26(32)29-27-18-23-10-9-22(17-21-6-4-3-5-7-21)25(23)30-12-14-31-15-13-30/h3-8,11,16-18H,9-10,12-15H2,1-2H3,(H2,28,29,32)/b22-17+,27-18+. The number of hydrogen-bond donors (Lipinski definition) is 2. The van der Waals surface area contributed by atoms with E-state index in [1.807, 2.05) is 18.3 Å². The summed E-state index contributed by atoms with van der Waals surface area (Å²) in [6, 6.07) is 16.7. The van der Waals surface area contributed by atoms with Crippen molar-refractivity contribution in [2.45, 2.75) is 26.7 Å². The van der Waals surface area contributed by atoms with Gasteiger partial charge in [0.05, 0.1) is 19.4 Å². The molecule has 5 nitrogen and oxygen atoms in total. The van der Waals surface area contributed by atoms with Crippen molar-refractivity contribution in [3.05, 3.63) is 82.1 Å². The van der Waals surface area contributed by atoms with Gasteiger partial charge in [-0.2, -0.15) is 5.10 Å². The normalized spacial score (nSPS) is 17.9. The predicted molar refractivity (Wildman–Crippen MR) is 137 cm³/mol. The van der Waals surface area contributed by atoms with Crippen LogP contribution in [0.2, 0.25) is 0 Å². The van der Waals surface area contributed by atoms with E-state index >= 15 is 0 Å². The summed E-state index contributed by atoms with van der Waals surface area (Å²) in [7, 11) is 0. The number of allylic oxidation sites excluding steroid dienone is 2. The van der Waals surface area contributed by atoms with Crippen molar-refractivity contribution in [3.8, 4) is 0 Å². The Morgan fingerprint density at radius 1 is 1.06 bits per heavy atom. The first-order valence-corrected chi connectivity index (χ1v) is 11.5. The Morgan fingerprint density at radius 3 is 2.59 bits per heavy atom. The van der Waals surface area contributed by atoms with Gasteiger partial charge in [-0.3, -0.25) is 5.43 Å². The fraction of sp³-hybridized carbons (Fsp3) is 0.308. The molecular weight excluding hydrogens is 416 g/mol. The van der Waals surface area contributed by atoms with Crippen molar-refractivity contribution in [1.29, 1.82) is 0 Å². The molecule has 1 aliphatic carbocycles. The molecule has 0 radical (unpaired) electrons. The average Bonchev–Trinajstić information content (AvgIpc) is 3.19. The zero-order chi connectivity index (χ0) is 22.3. The van der Waals surface area contributed by atoms with Crippen molar-refractivity contribution in [3.63, 3.8) is 0 Å². The molecule has 0 amide bonds. The summed E-state index contributed by atoms with van der Waals surface area (Å²) < 4.78 is 5.58. The van der Waals surface area contributed by atoms with Crippen LogP contribution in [0.1, 0.15) is 29.5 Å². The Balaban J connectivity index is 1.50. The number of nitrogens with zero attached hydrogens (tertiary/aromatic N) is 2. The summed E-state index contributed by atoms with van der Waals surface area (Å²) in [5.41, 5.74) is 11.5. The number of hydrazone groups is 1. The second kappa shape index (κ2) is 10.6. The van der Waals surface area contributed by atoms with E-state index in [-0.39, 0.29) is 0 Å². The number of hydrogen-bond acceptors (Lipinski definition) is 4. The van der Waals surface area contributed by atoms with Gasteiger partial charge in [-0.15, -0.1) is 0 Å². The molecular formula is C26H30N4OS. The lowest BCUT2D eigenvalue weighted by molar-refractivity contribution is 0.0548. The minimum Gasteiger partial charge on any atom is -0.378 e. The molecule has 0 unspecified atom stereocenters. The summed E-state index contributed by atoms with van der Waals surface area (Å²) in [6.45, 7) is 7.47. The van der Waals surface area contributed by atoms with E-state index in [0.717, 1.165) is 50.4 Å². The second-order valence-electron chi connectivity index (χ2n) is 8.20. The van der Waals surface area contributed by atoms with Crippen molar-refractivity contribution in [1.82, 2.24) is 10.3 Å². The van der Waals surface area contributed by atoms with Crippen LogP contribution in [0.15, 0.2) is 70.5 Å². The summed E-state index contributed by atoms with van der Waals surface area (Å²) in [5, 5.41) is 8.18. The quantitative estimate of drug-likeness (QED) is 0.383. The summed E-state index contributed by atoms with van der Waals surface area (Å²) >= 11 is 5.44. The highest BCUT2D eigenvalue weighted by Gasteiger charge is 2.25. The molecule has 1 saturated heterocycles. The van der Waals surface area contributed by atoms with Gasteiger partial charge < -0.3 is 15.0 Å². The van der Waals surface area contributed by atoms with Crippen molar-refractivity contribution in [2.24, 2.45) is 5.10 Å². The number of thiocarbonyl (C=S) groups is 1. The molecule has 2 N–H and O–H groups in total. The molecule has 0 atom stereocenters. The Labute approximate surface area is 195 Å². The predicted octanol–water partition coefficient (Wildman–Crippen LogP) is 5.04. The number of ether oxygens (including phenoxy) is 1. The zero-order valence-corrected chi connectivity index (χ0v) is 19.5. The van der Waals surface area contributed by atoms with Crippen LogP contribution in [0.3, 0.4) is 0 Å². The number of aryl methyl sites for hydroxylation is 2. The minimum atomic E-state index is 0.486. The number of rotatable bonds is 5. The number of nitrogens with one attached hydrogen (secondary N) is 2. The maximum Gasteiger partial charge on any atom is 0.191 e. The van der Waals surface area contributed by atoms with Crippen molar-refractivity contribution >= 4 is 35.3 Å². The van der Waals surface area contributed by atoms with E-state index < -0.39 is 0 Å². The van der Waals surface area contributed by atoms with Gasteiger partial charge in [0, 0.05) is 24.5 Å². The number of morpholine rings is 1. The molecule has 0 saturated carbocycles. The maximum atomic E-state index is 5.58. The molecule has 166 valence electrons. The van der Waals surface area contributed by atoms with Crippen LogP contribution in [-0.2, 0) is 4.74 Å². The Morgan fingerprint density at radius 2 is 1.84 bits per heavy atom. The molecule has 2 aromatic rings. The zero-order valence-electron chi connectivity index (χ0n) is 18.7. The topological polar surface area (TPSA) is 48.9 Å². The summed E-state index contributed by atoms with van der Waals surface area (Å²) in [6.07, 6.45) is 6.19. The fourth-order valence-electron chi connectivity index (χ4n) is 4.20. The molecule has 4 rings (SSSR count). The lowest BCUT2D eigenvalue weighted by Crippen LogP contribution is -2.36. The molecule has 1 fully saturated rings. The first-order chi connectivity index (χ1) is 15.6. The van der Waals surface area contributed by atoms with Gasteiger partial charge in [0.2, 0.25) is 0 Å². The van der Waals surface area contributed by atoms with Gasteiger partial charge in [0.25, 0.3) is 0 Å². The van der Waals surface area contributed by atoms with Gasteiger partial charge in [0.1, 0.15) is 0 Å². The largest absolute Gasteiger partial charge is 0.378 e. The van der Waals surface area contributed by atoms with E-state index in [1.54, 1.807) is 0 Å². The molecule has 2 aromatic carbocycles. The van der Waals surface area contributed by atoms with Crippen LogP contribution in [0.4, 0.5) is 5.69 Å². The smallest absolute Gasteiger partial charge is 0.191 e. The van der Waals surface area contributed by atoms with E-state index in [2.05, 4.69) is 77.1 Å². The van der Waals surface area contributed by atoms with Gasteiger partial charge in [-0.1, -0.05) is 48.0 Å². The monoisotopic (exact) mass is 446 g/mol. The minimum absolute atomic E-state index is 0.486. The van der Waals surface area contributed by atoms with Crippen LogP contribution in [-0.4, -0.2) is 42.5 Å². The average molecular weight is 447 g/mol. The SMILES string of the molecule is Cc1ccc(NC(=S)N/N=C/C2=C(N3CCOCC3)C(=C/c3ccccc3)/CC2)c(C)c1. The lowest BCUT2D eigenvalue weighted by Gasteiger charge is -2.31. The molecule has 0 bridgehead atoms. The molecule has 6 heteroatoms. The first kappa shape index (κ1) is 22.2. The van der Waals surface area contributed by atoms with Gasteiger partial charge in [-0.25, -0.2) is 0 Å². The second-order valence-corrected chi connectivity index (χ2v) is 8.60. The third kappa shape index (κ3) is 5.64. The Hall–Kier alpha value is -2.96. The molecule has 0 aromatic heterocycles. The van der Waals surface area contributed by atoms with Crippen LogP contribution < -0.4 is 10.7 Å². The summed E-state index contributed by atoms with van der Waals surface area (Å²) in [4.78, 5) is 2.43. The van der Waals surface area contributed by atoms with Crippen molar-refractivity contribution in [2.75, 3.05) is 31.6 Å². The number of benzene rings is 2. The van der Waals surface area contributed by atoms with Gasteiger partial charge in [-0.05, 0) is 73.3 Å². The highest BCUT2D eigenvalue weighted by molar-refractivity contribution is 7.80. The lowest BCUT2D eigenvalue weighted by atomic mass is 10.1. The van der Waals surface area contributed by atoms with Gasteiger partial charge >= 0.3 is 0 Å². The third-order valence-electron chi connectivity index (χ3n) is 5.76. The van der Waals surface area contributed by atoms with E-state index in [4.69, 9.17) is 17.0 Å². The Bertz CT molecular complexity index is 1050. The highest BCUT2D eigenvalue weighted by Crippen LogP contribution is 2.34. The van der Waals surface area contributed by atoms with Gasteiger partial charge in [0.15, 0.2) is 5.11 Å². The first-order valence-electron chi connectivity index (χ1n) is 11.1. The molecule has 1 heterocycles. The van der Waals surface area contributed by atoms with Crippen LogP contribution in [0.25, 0.3) is 6.08 Å². The molecule has 1 aliphatic heterocycles. The summed E-state index contributed by atoms with van der Waals surface area (Å²) in [5.74, 6) is 0. The fourth-order valence-corrected chi connectivity index (χ4v) is 4.36. The maximum absolute atomic E-state index is 5.58. The highest BCUT2D eigenvalue weighted by atomic mass is 32.1.